The van der Waals surface area contributed by atoms with Crippen LogP contribution in [0.15, 0.2) is 35.3 Å². The number of benzene rings is 1. The number of hydrogen-bond acceptors (Lipinski definition) is 3. The SMILES string of the molecule is CCNC(=NCC(O)COCc1ccccc1)N1CCC2(CCCCC2)C1.I. The van der Waals surface area contributed by atoms with Crippen LogP contribution in [-0.4, -0.2) is 54.9 Å². The molecule has 1 atom stereocenters. The number of aliphatic imine (C=N–C) groups is 1. The van der Waals surface area contributed by atoms with Gasteiger partial charge in [-0.15, -0.1) is 24.0 Å². The van der Waals surface area contributed by atoms with Gasteiger partial charge in [-0.3, -0.25) is 4.99 Å². The Bertz CT molecular complexity index is 591. The molecule has 1 aliphatic heterocycles. The van der Waals surface area contributed by atoms with Crippen LogP contribution in [0.3, 0.4) is 0 Å². The first-order valence-electron chi connectivity index (χ1n) is 10.5. The Morgan fingerprint density at radius 3 is 2.68 bits per heavy atom. The summed E-state index contributed by atoms with van der Waals surface area (Å²) in [7, 11) is 0. The van der Waals surface area contributed by atoms with Crippen LogP contribution in [0.4, 0.5) is 0 Å². The fraction of sp³-hybridized carbons (Fsp3) is 0.682. The highest BCUT2D eigenvalue weighted by Crippen LogP contribution is 2.43. The molecule has 1 heterocycles. The van der Waals surface area contributed by atoms with Gasteiger partial charge in [0.05, 0.1) is 25.9 Å². The number of guanidine groups is 1. The van der Waals surface area contributed by atoms with Crippen molar-refractivity contribution in [3.8, 4) is 0 Å². The van der Waals surface area contributed by atoms with Gasteiger partial charge in [0, 0.05) is 19.6 Å². The summed E-state index contributed by atoms with van der Waals surface area (Å²) in [5.41, 5.74) is 1.63. The molecule has 1 saturated heterocycles. The van der Waals surface area contributed by atoms with Crippen LogP contribution in [0.5, 0.6) is 0 Å². The van der Waals surface area contributed by atoms with E-state index in [0.29, 0.717) is 25.2 Å². The number of ether oxygens (including phenoxy) is 1. The summed E-state index contributed by atoms with van der Waals surface area (Å²) in [6.07, 6.45) is 7.56. The van der Waals surface area contributed by atoms with E-state index in [0.717, 1.165) is 31.2 Å². The molecule has 0 aromatic heterocycles. The minimum absolute atomic E-state index is 0. The number of aliphatic hydroxyl groups excluding tert-OH is 1. The van der Waals surface area contributed by atoms with E-state index in [4.69, 9.17) is 9.73 Å². The number of aliphatic hydroxyl groups is 1. The van der Waals surface area contributed by atoms with E-state index in [9.17, 15) is 5.11 Å². The Balaban J connectivity index is 0.00000280. The van der Waals surface area contributed by atoms with Gasteiger partial charge >= 0.3 is 0 Å². The summed E-state index contributed by atoms with van der Waals surface area (Å²) in [4.78, 5) is 7.10. The molecule has 0 radical (unpaired) electrons. The number of likely N-dealkylation sites (tertiary alicyclic amines) is 1. The average molecular weight is 501 g/mol. The Morgan fingerprint density at radius 1 is 1.21 bits per heavy atom. The summed E-state index contributed by atoms with van der Waals surface area (Å²) in [6.45, 7) is 6.34. The van der Waals surface area contributed by atoms with E-state index in [1.165, 1.54) is 38.5 Å². The van der Waals surface area contributed by atoms with Crippen molar-refractivity contribution >= 4 is 29.9 Å². The fourth-order valence-electron chi connectivity index (χ4n) is 4.38. The lowest BCUT2D eigenvalue weighted by atomic mass is 9.73. The summed E-state index contributed by atoms with van der Waals surface area (Å²) in [5.74, 6) is 0.946. The normalized spacial score (nSPS) is 20.1. The molecule has 1 spiro atoms. The van der Waals surface area contributed by atoms with Crippen LogP contribution in [0.25, 0.3) is 0 Å². The average Bonchev–Trinajstić information content (AvgIpc) is 3.09. The lowest BCUT2D eigenvalue weighted by molar-refractivity contribution is 0.0330. The second-order valence-electron chi connectivity index (χ2n) is 8.08. The van der Waals surface area contributed by atoms with Gasteiger partial charge in [-0.2, -0.15) is 0 Å². The van der Waals surface area contributed by atoms with Crippen molar-refractivity contribution in [2.45, 2.75) is 58.2 Å². The van der Waals surface area contributed by atoms with Crippen LogP contribution in [0.2, 0.25) is 0 Å². The highest BCUT2D eigenvalue weighted by molar-refractivity contribution is 14.0. The van der Waals surface area contributed by atoms with Gasteiger partial charge in [-0.25, -0.2) is 0 Å². The maximum Gasteiger partial charge on any atom is 0.194 e. The molecular formula is C22H36IN3O2. The summed E-state index contributed by atoms with van der Waals surface area (Å²) < 4.78 is 5.64. The third-order valence-electron chi connectivity index (χ3n) is 5.86. The lowest BCUT2D eigenvalue weighted by Gasteiger charge is -2.33. The van der Waals surface area contributed by atoms with E-state index in [1.54, 1.807) is 0 Å². The van der Waals surface area contributed by atoms with Crippen LogP contribution >= 0.6 is 24.0 Å². The van der Waals surface area contributed by atoms with Crippen LogP contribution in [-0.2, 0) is 11.3 Å². The molecule has 1 unspecified atom stereocenters. The van der Waals surface area contributed by atoms with Gasteiger partial charge < -0.3 is 20.1 Å². The minimum Gasteiger partial charge on any atom is -0.389 e. The smallest absolute Gasteiger partial charge is 0.194 e. The molecular weight excluding hydrogens is 465 g/mol. The predicted octanol–water partition coefficient (Wildman–Crippen LogP) is 3.80. The number of halogens is 1. The zero-order valence-corrected chi connectivity index (χ0v) is 19.4. The number of nitrogens with one attached hydrogen (secondary N) is 1. The molecule has 1 aromatic rings. The van der Waals surface area contributed by atoms with Crippen LogP contribution < -0.4 is 5.32 Å². The van der Waals surface area contributed by atoms with Crippen molar-refractivity contribution in [3.63, 3.8) is 0 Å². The predicted molar refractivity (Wildman–Crippen MR) is 125 cm³/mol. The summed E-state index contributed by atoms with van der Waals surface area (Å²) >= 11 is 0. The molecule has 28 heavy (non-hydrogen) atoms. The Morgan fingerprint density at radius 2 is 1.96 bits per heavy atom. The van der Waals surface area contributed by atoms with E-state index < -0.39 is 6.10 Å². The molecule has 2 N–H and O–H groups in total. The molecule has 3 rings (SSSR count). The first-order chi connectivity index (χ1) is 13.2. The molecule has 6 heteroatoms. The van der Waals surface area contributed by atoms with Gasteiger partial charge in [0.1, 0.15) is 0 Å². The zero-order chi connectivity index (χ0) is 19.0. The molecule has 1 aromatic carbocycles. The third kappa shape index (κ3) is 6.88. The second-order valence-corrected chi connectivity index (χ2v) is 8.08. The monoisotopic (exact) mass is 501 g/mol. The van der Waals surface area contributed by atoms with Crippen LogP contribution in [0.1, 0.15) is 51.0 Å². The first kappa shape index (κ1) is 23.4. The zero-order valence-electron chi connectivity index (χ0n) is 17.1. The van der Waals surface area contributed by atoms with E-state index >= 15 is 0 Å². The largest absolute Gasteiger partial charge is 0.389 e. The number of nitrogens with zero attached hydrogens (tertiary/aromatic N) is 2. The quantitative estimate of drug-likeness (QED) is 0.339. The highest BCUT2D eigenvalue weighted by Gasteiger charge is 2.39. The Kier molecular flexibility index (Phi) is 10.0. The minimum atomic E-state index is -0.575. The topological polar surface area (TPSA) is 57.1 Å². The number of hydrogen-bond donors (Lipinski definition) is 2. The van der Waals surface area contributed by atoms with Crippen molar-refractivity contribution < 1.29 is 9.84 Å². The van der Waals surface area contributed by atoms with Crippen molar-refractivity contribution in [1.82, 2.24) is 10.2 Å². The molecule has 1 aliphatic carbocycles. The van der Waals surface area contributed by atoms with E-state index in [2.05, 4.69) is 17.1 Å². The standard InChI is InChI=1S/C22H35N3O2.HI/c1-2-23-21(25-14-13-22(18-25)11-7-4-8-12-22)24-15-20(26)17-27-16-19-9-5-3-6-10-19;/h3,5-6,9-10,20,26H,2,4,7-8,11-18H2,1H3,(H,23,24);1H. The molecule has 158 valence electrons. The molecule has 1 saturated carbocycles. The Labute approximate surface area is 187 Å². The van der Waals surface area contributed by atoms with Gasteiger partial charge in [0.15, 0.2) is 5.96 Å². The van der Waals surface area contributed by atoms with Crippen molar-refractivity contribution in [2.24, 2.45) is 10.4 Å². The molecule has 2 aliphatic rings. The van der Waals surface area contributed by atoms with Crippen molar-refractivity contribution in [2.75, 3.05) is 32.8 Å². The van der Waals surface area contributed by atoms with Gasteiger partial charge in [-0.1, -0.05) is 49.6 Å². The maximum absolute atomic E-state index is 10.3. The first-order valence-corrected chi connectivity index (χ1v) is 10.5. The third-order valence-corrected chi connectivity index (χ3v) is 5.86. The summed E-state index contributed by atoms with van der Waals surface area (Å²) in [5, 5.41) is 13.7. The molecule has 2 fully saturated rings. The highest BCUT2D eigenvalue weighted by atomic mass is 127. The second kappa shape index (κ2) is 12.0. The number of rotatable bonds is 7. The van der Waals surface area contributed by atoms with Gasteiger partial charge in [0.2, 0.25) is 0 Å². The van der Waals surface area contributed by atoms with Gasteiger partial charge in [0.25, 0.3) is 0 Å². The van der Waals surface area contributed by atoms with Crippen molar-refractivity contribution in [3.05, 3.63) is 35.9 Å². The molecule has 5 nitrogen and oxygen atoms in total. The molecule has 0 amide bonds. The van der Waals surface area contributed by atoms with E-state index in [1.807, 2.05) is 30.3 Å². The molecule has 0 bridgehead atoms. The lowest BCUT2D eigenvalue weighted by Crippen LogP contribution is -2.42. The van der Waals surface area contributed by atoms with E-state index in [-0.39, 0.29) is 24.0 Å². The Hall–Kier alpha value is -0.860. The van der Waals surface area contributed by atoms with Crippen LogP contribution in [0, 0.1) is 5.41 Å². The van der Waals surface area contributed by atoms with Gasteiger partial charge in [-0.05, 0) is 37.2 Å². The fourth-order valence-corrected chi connectivity index (χ4v) is 4.38. The maximum atomic E-state index is 10.3. The summed E-state index contributed by atoms with van der Waals surface area (Å²) in [6, 6.07) is 10.0. The van der Waals surface area contributed by atoms with Crippen molar-refractivity contribution in [1.29, 1.82) is 0 Å².